The molecule has 9 aromatic carbocycles. The summed E-state index contributed by atoms with van der Waals surface area (Å²) in [6, 6.07) is 66.2. The molecule has 58 heavy (non-hydrogen) atoms. The lowest BCUT2D eigenvalue weighted by Crippen LogP contribution is -2.01. The van der Waals surface area contributed by atoms with Crippen molar-refractivity contribution >= 4 is 75.0 Å². The van der Waals surface area contributed by atoms with Crippen LogP contribution in [0.3, 0.4) is 0 Å². The van der Waals surface area contributed by atoms with E-state index < -0.39 is 0 Å². The third-order valence-corrected chi connectivity index (χ3v) is 12.4. The van der Waals surface area contributed by atoms with Crippen LogP contribution < -0.4 is 0 Å². The van der Waals surface area contributed by atoms with Crippen LogP contribution in [0.5, 0.6) is 0 Å². The number of benzene rings is 9. The van der Waals surface area contributed by atoms with Crippen molar-refractivity contribution in [3.8, 4) is 56.4 Å². The van der Waals surface area contributed by atoms with Gasteiger partial charge < -0.3 is 4.42 Å². The number of hydrogen-bond donors (Lipinski definition) is 0. The van der Waals surface area contributed by atoms with E-state index in [-0.39, 0.29) is 0 Å². The largest absolute Gasteiger partial charge is 0.456 e. The molecule has 0 aliphatic heterocycles. The van der Waals surface area contributed by atoms with E-state index in [1.54, 1.807) is 11.3 Å². The van der Waals surface area contributed by atoms with Gasteiger partial charge in [0.2, 0.25) is 0 Å². The molecule has 3 aromatic heterocycles. The third kappa shape index (κ3) is 5.25. The lowest BCUT2D eigenvalue weighted by atomic mass is 9.90. The molecule has 0 bridgehead atoms. The van der Waals surface area contributed by atoms with Crippen molar-refractivity contribution in [2.75, 3.05) is 0 Å². The minimum Gasteiger partial charge on any atom is -0.456 e. The maximum atomic E-state index is 6.73. The zero-order valence-electron chi connectivity index (χ0n) is 31.1. The van der Waals surface area contributed by atoms with Gasteiger partial charge in [0.1, 0.15) is 11.2 Å². The quantitative estimate of drug-likeness (QED) is 0.175. The molecule has 0 aliphatic rings. The molecule has 12 rings (SSSR count). The second kappa shape index (κ2) is 13.1. The molecule has 5 heteroatoms. The number of thiophene rings is 1. The zero-order chi connectivity index (χ0) is 38.2. The topological polar surface area (TPSA) is 51.8 Å². The average Bonchev–Trinajstić information content (AvgIpc) is 3.86. The molecular weight excluding hydrogens is 727 g/mol. The number of nitrogens with zero attached hydrogens (tertiary/aromatic N) is 3. The lowest BCUT2D eigenvalue weighted by Gasteiger charge is -2.15. The fourth-order valence-corrected chi connectivity index (χ4v) is 9.76. The highest BCUT2D eigenvalue weighted by Crippen LogP contribution is 2.45. The van der Waals surface area contributed by atoms with Crippen molar-refractivity contribution in [2.24, 2.45) is 0 Å². The lowest BCUT2D eigenvalue weighted by molar-refractivity contribution is 0.669. The first-order valence-electron chi connectivity index (χ1n) is 19.4. The average molecular weight is 758 g/mol. The van der Waals surface area contributed by atoms with E-state index >= 15 is 0 Å². The number of aromatic nitrogens is 3. The van der Waals surface area contributed by atoms with Gasteiger partial charge in [-0.2, -0.15) is 0 Å². The fourth-order valence-electron chi connectivity index (χ4n) is 8.62. The van der Waals surface area contributed by atoms with Crippen molar-refractivity contribution in [2.45, 2.75) is 0 Å². The monoisotopic (exact) mass is 757 g/mol. The molecule has 3 heterocycles. The van der Waals surface area contributed by atoms with Crippen LogP contribution in [0.2, 0.25) is 0 Å². The molecule has 12 aromatic rings. The van der Waals surface area contributed by atoms with Crippen molar-refractivity contribution < 1.29 is 4.42 Å². The van der Waals surface area contributed by atoms with Gasteiger partial charge in [0.05, 0.1) is 0 Å². The maximum absolute atomic E-state index is 6.73. The van der Waals surface area contributed by atoms with E-state index in [9.17, 15) is 0 Å². The van der Waals surface area contributed by atoms with E-state index in [1.165, 1.54) is 25.6 Å². The van der Waals surface area contributed by atoms with Gasteiger partial charge in [0.25, 0.3) is 0 Å². The summed E-state index contributed by atoms with van der Waals surface area (Å²) in [4.78, 5) is 15.7. The first-order chi connectivity index (χ1) is 28.7. The highest BCUT2D eigenvalue weighted by Gasteiger charge is 2.21. The van der Waals surface area contributed by atoms with Gasteiger partial charge in [-0.1, -0.05) is 146 Å². The summed E-state index contributed by atoms with van der Waals surface area (Å²) in [7, 11) is 0. The summed E-state index contributed by atoms with van der Waals surface area (Å²) in [5.41, 5.74) is 9.09. The Kier molecular flexibility index (Phi) is 7.37. The number of fused-ring (bicyclic) bond motifs is 8. The van der Waals surface area contributed by atoms with Crippen molar-refractivity contribution in [3.63, 3.8) is 0 Å². The van der Waals surface area contributed by atoms with Crippen LogP contribution >= 0.6 is 11.3 Å². The fraction of sp³-hybridized carbons (Fsp3) is 0. The van der Waals surface area contributed by atoms with Crippen molar-refractivity contribution in [1.82, 2.24) is 15.0 Å². The molecule has 0 aliphatic carbocycles. The highest BCUT2D eigenvalue weighted by atomic mass is 32.1. The second-order valence-electron chi connectivity index (χ2n) is 14.7. The molecule has 0 fully saturated rings. The van der Waals surface area contributed by atoms with Gasteiger partial charge in [-0.3, -0.25) is 0 Å². The minimum atomic E-state index is 0.631. The number of rotatable bonds is 5. The van der Waals surface area contributed by atoms with Gasteiger partial charge >= 0.3 is 0 Å². The summed E-state index contributed by atoms with van der Waals surface area (Å²) < 4.78 is 9.18. The Labute approximate surface area is 337 Å². The Bertz CT molecular complexity index is 3570. The van der Waals surface area contributed by atoms with Crippen LogP contribution in [0, 0.1) is 0 Å². The Balaban J connectivity index is 1.12. The van der Waals surface area contributed by atoms with Crippen LogP contribution in [0.4, 0.5) is 0 Å². The maximum Gasteiger partial charge on any atom is 0.164 e. The predicted octanol–water partition coefficient (Wildman–Crippen LogP) is 14.8. The van der Waals surface area contributed by atoms with E-state index in [0.29, 0.717) is 17.5 Å². The second-order valence-corrected chi connectivity index (χ2v) is 15.8. The molecule has 0 radical (unpaired) electrons. The number of furan rings is 1. The van der Waals surface area contributed by atoms with Crippen LogP contribution in [0.25, 0.3) is 120 Å². The normalized spacial score (nSPS) is 11.8. The summed E-state index contributed by atoms with van der Waals surface area (Å²) in [5, 5.41) is 9.08. The molecule has 0 amide bonds. The standard InChI is InChI=1S/C53H31N3OS/c1-3-14-32(15-4-1)36-29-43(49-44-28-34-18-7-8-19-35(34)30-45(44)57-46(49)31-36)39-26-27-40(38-21-10-9-20-37(38)39)52-54-51(33-16-5-2-6-17-33)55-53(56-52)42-23-13-25-48-50(42)41-22-11-12-24-47(41)58-48/h1-31H. The summed E-state index contributed by atoms with van der Waals surface area (Å²) in [6.45, 7) is 0. The van der Waals surface area contributed by atoms with Gasteiger partial charge in [0.15, 0.2) is 17.5 Å². The van der Waals surface area contributed by atoms with Crippen molar-refractivity contribution in [1.29, 1.82) is 0 Å². The van der Waals surface area contributed by atoms with Gasteiger partial charge in [-0.05, 0) is 86.3 Å². The Hall–Kier alpha value is -7.47. The highest BCUT2D eigenvalue weighted by molar-refractivity contribution is 7.25. The van der Waals surface area contributed by atoms with Gasteiger partial charge in [-0.25, -0.2) is 15.0 Å². The van der Waals surface area contributed by atoms with Crippen LogP contribution in [0.15, 0.2) is 192 Å². The Morgan fingerprint density at radius 1 is 0.328 bits per heavy atom. The minimum absolute atomic E-state index is 0.631. The molecule has 4 nitrogen and oxygen atoms in total. The number of hydrogen-bond acceptors (Lipinski definition) is 5. The summed E-state index contributed by atoms with van der Waals surface area (Å²) >= 11 is 1.80. The Morgan fingerprint density at radius 2 is 0.931 bits per heavy atom. The van der Waals surface area contributed by atoms with E-state index in [0.717, 1.165) is 77.0 Å². The van der Waals surface area contributed by atoms with E-state index in [2.05, 4.69) is 170 Å². The molecule has 270 valence electrons. The SMILES string of the molecule is c1ccc(-c2cc(-c3ccc(-c4nc(-c5ccccc5)nc(-c5cccc6sc7ccccc7c56)n4)c4ccccc34)c3c(c2)oc2cc4ccccc4cc23)cc1. The molecule has 0 atom stereocenters. The Morgan fingerprint density at radius 3 is 1.72 bits per heavy atom. The first kappa shape index (κ1) is 32.7. The molecule has 0 N–H and O–H groups in total. The van der Waals surface area contributed by atoms with E-state index in [1.807, 2.05) is 18.2 Å². The van der Waals surface area contributed by atoms with Crippen LogP contribution in [-0.4, -0.2) is 15.0 Å². The molecule has 0 saturated heterocycles. The van der Waals surface area contributed by atoms with Crippen LogP contribution in [-0.2, 0) is 0 Å². The molecule has 0 saturated carbocycles. The van der Waals surface area contributed by atoms with Gasteiger partial charge in [0, 0.05) is 47.6 Å². The predicted molar refractivity (Wildman–Crippen MR) is 242 cm³/mol. The van der Waals surface area contributed by atoms with E-state index in [4.69, 9.17) is 19.4 Å². The zero-order valence-corrected chi connectivity index (χ0v) is 31.9. The molecule has 0 unspecified atom stereocenters. The summed E-state index contributed by atoms with van der Waals surface area (Å²) in [5.74, 6) is 1.92. The van der Waals surface area contributed by atoms with Gasteiger partial charge in [-0.15, -0.1) is 11.3 Å². The summed E-state index contributed by atoms with van der Waals surface area (Å²) in [6.07, 6.45) is 0. The first-order valence-corrected chi connectivity index (χ1v) is 20.2. The van der Waals surface area contributed by atoms with Crippen LogP contribution in [0.1, 0.15) is 0 Å². The smallest absolute Gasteiger partial charge is 0.164 e. The van der Waals surface area contributed by atoms with Crippen molar-refractivity contribution in [3.05, 3.63) is 188 Å². The third-order valence-electron chi connectivity index (χ3n) is 11.3. The molecule has 0 spiro atoms. The molecular formula is C53H31N3OS.